The normalized spacial score (nSPS) is 9.45. The fraction of sp³-hybridized carbons (Fsp3) is 0.0625. The van der Waals surface area contributed by atoms with Crippen LogP contribution in [0.4, 0.5) is 16.2 Å². The van der Waals surface area contributed by atoms with Crippen LogP contribution in [0.5, 0.6) is 0 Å². The maximum absolute atomic E-state index is 12.1. The average Bonchev–Trinajstić information content (AvgIpc) is 2.55. The molecular weight excluding hydrogens is 280 g/mol. The van der Waals surface area contributed by atoms with E-state index in [9.17, 15) is 9.59 Å². The summed E-state index contributed by atoms with van der Waals surface area (Å²) in [6.07, 6.45) is 0. The number of carbonyl (C=O) groups is 2. The van der Waals surface area contributed by atoms with Crippen LogP contribution in [0.1, 0.15) is 15.9 Å². The highest BCUT2D eigenvalue weighted by Crippen LogP contribution is 2.16. The predicted octanol–water partition coefficient (Wildman–Crippen LogP) is 2.56. The fourth-order valence-electron chi connectivity index (χ4n) is 1.77. The molecule has 0 bridgehead atoms. The number of benzene rings is 2. The number of carbonyl (C=O) groups excluding carboxylic acids is 2. The third-order valence-electron chi connectivity index (χ3n) is 2.88. The third kappa shape index (κ3) is 3.84. The van der Waals surface area contributed by atoms with Gasteiger partial charge in [0.05, 0.1) is 11.6 Å². The van der Waals surface area contributed by atoms with E-state index in [1.54, 1.807) is 48.5 Å². The van der Waals surface area contributed by atoms with Crippen LogP contribution >= 0.6 is 0 Å². The minimum Gasteiger partial charge on any atom is -0.341 e. The lowest BCUT2D eigenvalue weighted by molar-refractivity contribution is 0.102. The summed E-state index contributed by atoms with van der Waals surface area (Å²) >= 11 is 0. The van der Waals surface area contributed by atoms with E-state index in [2.05, 4.69) is 16.0 Å². The van der Waals surface area contributed by atoms with E-state index in [1.807, 2.05) is 6.07 Å². The van der Waals surface area contributed by atoms with Crippen molar-refractivity contribution in [1.29, 1.82) is 5.26 Å². The Balaban J connectivity index is 2.09. The lowest BCUT2D eigenvalue weighted by Gasteiger charge is -2.08. The van der Waals surface area contributed by atoms with Crippen LogP contribution in [-0.2, 0) is 0 Å². The Morgan fingerprint density at radius 2 is 1.64 bits per heavy atom. The Kier molecular flexibility index (Phi) is 4.73. The van der Waals surface area contributed by atoms with Crippen molar-refractivity contribution in [3.8, 4) is 6.07 Å². The molecule has 0 radical (unpaired) electrons. The number of hydrogen-bond acceptors (Lipinski definition) is 3. The molecule has 0 aliphatic heterocycles. The Morgan fingerprint density at radius 1 is 1.00 bits per heavy atom. The number of anilines is 2. The summed E-state index contributed by atoms with van der Waals surface area (Å²) in [5.41, 5.74) is 2.07. The number of nitrogens with one attached hydrogen (secondary N) is 3. The summed E-state index contributed by atoms with van der Waals surface area (Å²) in [7, 11) is 1.52. The van der Waals surface area contributed by atoms with Gasteiger partial charge in [0, 0.05) is 24.0 Å². The second kappa shape index (κ2) is 6.90. The molecule has 0 aliphatic carbocycles. The molecule has 2 rings (SSSR count). The van der Waals surface area contributed by atoms with Crippen molar-refractivity contribution in [2.75, 3.05) is 17.7 Å². The van der Waals surface area contributed by atoms with Gasteiger partial charge in [-0.1, -0.05) is 6.07 Å². The lowest BCUT2D eigenvalue weighted by atomic mass is 10.1. The van der Waals surface area contributed by atoms with Crippen molar-refractivity contribution in [3.05, 3.63) is 59.7 Å². The van der Waals surface area contributed by atoms with Crippen molar-refractivity contribution >= 4 is 23.3 Å². The molecule has 0 unspecified atom stereocenters. The number of nitriles is 1. The van der Waals surface area contributed by atoms with Gasteiger partial charge in [-0.05, 0) is 42.5 Å². The van der Waals surface area contributed by atoms with Gasteiger partial charge in [0.2, 0.25) is 0 Å². The predicted molar refractivity (Wildman–Crippen MR) is 83.6 cm³/mol. The Bertz CT molecular complexity index is 733. The molecule has 6 nitrogen and oxygen atoms in total. The molecule has 2 aromatic rings. The minimum atomic E-state index is -0.337. The first-order chi connectivity index (χ1) is 10.6. The van der Waals surface area contributed by atoms with Gasteiger partial charge in [-0.2, -0.15) is 5.26 Å². The summed E-state index contributed by atoms with van der Waals surface area (Å²) in [5, 5.41) is 16.5. The highest BCUT2D eigenvalue weighted by molar-refractivity contribution is 6.04. The molecule has 110 valence electrons. The van der Waals surface area contributed by atoms with E-state index >= 15 is 0 Å². The van der Waals surface area contributed by atoms with Crippen LogP contribution in [0.2, 0.25) is 0 Å². The summed E-state index contributed by atoms with van der Waals surface area (Å²) in [6, 6.07) is 14.8. The van der Waals surface area contributed by atoms with Gasteiger partial charge < -0.3 is 16.0 Å². The van der Waals surface area contributed by atoms with Crippen molar-refractivity contribution in [3.63, 3.8) is 0 Å². The average molecular weight is 294 g/mol. The van der Waals surface area contributed by atoms with Gasteiger partial charge in [-0.15, -0.1) is 0 Å². The van der Waals surface area contributed by atoms with E-state index in [1.165, 1.54) is 7.05 Å². The van der Waals surface area contributed by atoms with Crippen LogP contribution in [0, 0.1) is 11.3 Å². The van der Waals surface area contributed by atoms with E-state index in [-0.39, 0.29) is 11.9 Å². The van der Waals surface area contributed by atoms with E-state index in [0.29, 0.717) is 22.5 Å². The molecule has 0 heterocycles. The third-order valence-corrected chi connectivity index (χ3v) is 2.88. The highest BCUT2D eigenvalue weighted by Gasteiger charge is 2.07. The van der Waals surface area contributed by atoms with Gasteiger partial charge in [-0.3, -0.25) is 4.79 Å². The standard InChI is InChI=1S/C16H14N4O2/c1-18-16(22)20-14-4-2-3-13(9-14)19-15(21)12-7-5-11(10-17)6-8-12/h2-9H,1H3,(H,19,21)(H2,18,20,22). The van der Waals surface area contributed by atoms with E-state index in [0.717, 1.165) is 0 Å². The number of nitrogens with zero attached hydrogens (tertiary/aromatic N) is 1. The molecule has 0 aliphatic rings. The van der Waals surface area contributed by atoms with Crippen molar-refractivity contribution < 1.29 is 9.59 Å². The quantitative estimate of drug-likeness (QED) is 0.812. The zero-order chi connectivity index (χ0) is 15.9. The first-order valence-corrected chi connectivity index (χ1v) is 6.52. The number of rotatable bonds is 3. The van der Waals surface area contributed by atoms with Crippen LogP contribution in [0.15, 0.2) is 48.5 Å². The van der Waals surface area contributed by atoms with Crippen molar-refractivity contribution in [2.24, 2.45) is 0 Å². The largest absolute Gasteiger partial charge is 0.341 e. The molecule has 0 fully saturated rings. The molecule has 0 spiro atoms. The molecule has 0 saturated heterocycles. The Morgan fingerprint density at radius 3 is 2.23 bits per heavy atom. The minimum absolute atomic E-state index is 0.290. The van der Waals surface area contributed by atoms with Gasteiger partial charge in [0.15, 0.2) is 0 Å². The molecule has 3 amide bonds. The first-order valence-electron chi connectivity index (χ1n) is 6.52. The van der Waals surface area contributed by atoms with Crippen molar-refractivity contribution in [1.82, 2.24) is 5.32 Å². The topological polar surface area (TPSA) is 94.0 Å². The molecule has 0 saturated carbocycles. The lowest BCUT2D eigenvalue weighted by Crippen LogP contribution is -2.24. The summed E-state index contributed by atoms with van der Waals surface area (Å²) in [6.45, 7) is 0. The number of amides is 3. The SMILES string of the molecule is CNC(=O)Nc1cccc(NC(=O)c2ccc(C#N)cc2)c1. The van der Waals surface area contributed by atoms with Crippen LogP contribution in [0.3, 0.4) is 0 Å². The molecular formula is C16H14N4O2. The number of hydrogen-bond donors (Lipinski definition) is 3. The smallest absolute Gasteiger partial charge is 0.318 e. The molecule has 0 aromatic heterocycles. The van der Waals surface area contributed by atoms with Crippen molar-refractivity contribution in [2.45, 2.75) is 0 Å². The fourth-order valence-corrected chi connectivity index (χ4v) is 1.77. The van der Waals surface area contributed by atoms with Gasteiger partial charge in [0.1, 0.15) is 0 Å². The molecule has 22 heavy (non-hydrogen) atoms. The van der Waals surface area contributed by atoms with Gasteiger partial charge >= 0.3 is 6.03 Å². The monoisotopic (exact) mass is 294 g/mol. The maximum Gasteiger partial charge on any atom is 0.318 e. The van der Waals surface area contributed by atoms with Crippen LogP contribution in [-0.4, -0.2) is 19.0 Å². The second-order valence-corrected chi connectivity index (χ2v) is 4.43. The van der Waals surface area contributed by atoms with E-state index in [4.69, 9.17) is 5.26 Å². The zero-order valence-electron chi connectivity index (χ0n) is 11.9. The van der Waals surface area contributed by atoms with Gasteiger partial charge in [-0.25, -0.2) is 4.79 Å². The maximum atomic E-state index is 12.1. The molecule has 3 N–H and O–H groups in total. The highest BCUT2D eigenvalue weighted by atomic mass is 16.2. The summed E-state index contributed by atoms with van der Waals surface area (Å²) in [4.78, 5) is 23.4. The summed E-state index contributed by atoms with van der Waals surface area (Å²) < 4.78 is 0. The molecule has 6 heteroatoms. The molecule has 0 atom stereocenters. The Labute approximate surface area is 127 Å². The molecule has 2 aromatic carbocycles. The summed E-state index contributed by atoms with van der Waals surface area (Å²) in [5.74, 6) is -0.290. The van der Waals surface area contributed by atoms with E-state index < -0.39 is 0 Å². The van der Waals surface area contributed by atoms with Crippen LogP contribution in [0.25, 0.3) is 0 Å². The van der Waals surface area contributed by atoms with Gasteiger partial charge in [0.25, 0.3) is 5.91 Å². The van der Waals surface area contributed by atoms with Crippen LogP contribution < -0.4 is 16.0 Å². The second-order valence-electron chi connectivity index (χ2n) is 4.43. The Hall–Kier alpha value is -3.33. The number of urea groups is 1. The zero-order valence-corrected chi connectivity index (χ0v) is 11.9. The first kappa shape index (κ1) is 15.1.